The van der Waals surface area contributed by atoms with E-state index >= 15 is 0 Å². The van der Waals surface area contributed by atoms with E-state index in [1.165, 1.54) is 26.2 Å². The first-order valence-corrected chi connectivity index (χ1v) is 8.97. The summed E-state index contributed by atoms with van der Waals surface area (Å²) in [5.74, 6) is 1.91. The third-order valence-corrected chi connectivity index (χ3v) is 4.59. The van der Waals surface area contributed by atoms with E-state index in [0.29, 0.717) is 29.4 Å². The molecule has 0 aromatic heterocycles. The van der Waals surface area contributed by atoms with Gasteiger partial charge in [-0.25, -0.2) is 0 Å². The molecule has 2 aromatic carbocycles. The minimum absolute atomic E-state index is 0.0705. The van der Waals surface area contributed by atoms with Gasteiger partial charge in [-0.15, -0.1) is 0 Å². The molecule has 1 atom stereocenters. The number of amides is 1. The van der Waals surface area contributed by atoms with E-state index in [0.717, 1.165) is 11.3 Å². The Bertz CT molecular complexity index is 782. The smallest absolute Gasteiger partial charge is 0.251 e. The van der Waals surface area contributed by atoms with Crippen LogP contribution in [-0.2, 0) is 0 Å². The molecule has 0 aliphatic rings. The van der Waals surface area contributed by atoms with Crippen LogP contribution >= 0.6 is 0 Å². The lowest BCUT2D eigenvalue weighted by atomic mass is 10.1. The minimum atomic E-state index is -0.214. The molecule has 7 nitrogen and oxygen atoms in total. The number of ether oxygens (including phenoxy) is 4. The van der Waals surface area contributed by atoms with Crippen LogP contribution in [0.15, 0.2) is 36.4 Å². The first-order chi connectivity index (χ1) is 13.4. The molecule has 0 fully saturated rings. The summed E-state index contributed by atoms with van der Waals surface area (Å²) in [5, 5.41) is 3.00. The highest BCUT2D eigenvalue weighted by atomic mass is 16.5. The SMILES string of the molecule is COc1cccc([C@@H](CNC(=O)c2cc(OC)c(OC)c(OC)c2)[NH+](C)C)c1. The largest absolute Gasteiger partial charge is 0.497 e. The van der Waals surface area contributed by atoms with Crippen molar-refractivity contribution in [3.8, 4) is 23.0 Å². The standard InChI is InChI=1S/C21H28N2O5/c1-23(2)17(14-8-7-9-16(10-14)25-3)13-22-21(24)15-11-18(26-4)20(28-6)19(12-15)27-5/h7-12,17H,13H2,1-6H3,(H,22,24)/p+1/t17-/m1/s1. The van der Waals surface area contributed by atoms with E-state index in [1.807, 2.05) is 24.3 Å². The van der Waals surface area contributed by atoms with Gasteiger partial charge < -0.3 is 29.2 Å². The van der Waals surface area contributed by atoms with Crippen LogP contribution in [0.5, 0.6) is 23.0 Å². The summed E-state index contributed by atoms with van der Waals surface area (Å²) in [5.41, 5.74) is 1.53. The Morgan fingerprint density at radius 2 is 1.61 bits per heavy atom. The number of rotatable bonds is 9. The van der Waals surface area contributed by atoms with Crippen molar-refractivity contribution >= 4 is 5.91 Å². The van der Waals surface area contributed by atoms with Crippen molar-refractivity contribution in [1.82, 2.24) is 5.32 Å². The van der Waals surface area contributed by atoms with Gasteiger partial charge in [0.05, 0.1) is 49.1 Å². The number of hydrogen-bond donors (Lipinski definition) is 2. The molecule has 0 aliphatic carbocycles. The average molecular weight is 389 g/mol. The second-order valence-electron chi connectivity index (χ2n) is 6.53. The minimum Gasteiger partial charge on any atom is -0.497 e. The predicted octanol–water partition coefficient (Wildman–Crippen LogP) is 1.34. The first-order valence-electron chi connectivity index (χ1n) is 8.97. The van der Waals surface area contributed by atoms with Crippen LogP contribution < -0.4 is 29.2 Å². The lowest BCUT2D eigenvalue weighted by Crippen LogP contribution is -3.07. The molecule has 0 aliphatic heterocycles. The Kier molecular flexibility index (Phi) is 7.52. The van der Waals surface area contributed by atoms with Crippen LogP contribution in [0.2, 0.25) is 0 Å². The van der Waals surface area contributed by atoms with Crippen LogP contribution in [0.3, 0.4) is 0 Å². The van der Waals surface area contributed by atoms with Gasteiger partial charge in [-0.2, -0.15) is 0 Å². The van der Waals surface area contributed by atoms with E-state index in [1.54, 1.807) is 19.2 Å². The van der Waals surface area contributed by atoms with Gasteiger partial charge in [0.1, 0.15) is 11.8 Å². The van der Waals surface area contributed by atoms with E-state index in [2.05, 4.69) is 19.4 Å². The summed E-state index contributed by atoms with van der Waals surface area (Å²) < 4.78 is 21.3. The Balaban J connectivity index is 2.21. The van der Waals surface area contributed by atoms with Crippen molar-refractivity contribution in [2.24, 2.45) is 0 Å². The second kappa shape index (κ2) is 9.85. The van der Waals surface area contributed by atoms with Crippen LogP contribution in [0.25, 0.3) is 0 Å². The summed E-state index contributed by atoms with van der Waals surface area (Å²) >= 11 is 0. The Hall–Kier alpha value is -2.93. The summed E-state index contributed by atoms with van der Waals surface area (Å²) in [6.45, 7) is 0.463. The molecule has 1 amide bonds. The molecule has 152 valence electrons. The fraction of sp³-hybridized carbons (Fsp3) is 0.381. The highest BCUT2D eigenvalue weighted by Gasteiger charge is 2.21. The molecule has 0 spiro atoms. The fourth-order valence-corrected chi connectivity index (χ4v) is 3.02. The zero-order valence-electron chi connectivity index (χ0n) is 17.3. The summed E-state index contributed by atoms with van der Waals surface area (Å²) in [7, 11) is 10.3. The molecule has 28 heavy (non-hydrogen) atoms. The lowest BCUT2D eigenvalue weighted by Gasteiger charge is -2.23. The van der Waals surface area contributed by atoms with Crippen LogP contribution in [0, 0.1) is 0 Å². The van der Waals surface area contributed by atoms with Crippen molar-refractivity contribution in [2.45, 2.75) is 6.04 Å². The number of likely N-dealkylation sites (N-methyl/N-ethyl adjacent to an activating group) is 1. The molecule has 0 saturated heterocycles. The molecular formula is C21H29N2O5+. The van der Waals surface area contributed by atoms with E-state index < -0.39 is 0 Å². The molecule has 2 N–H and O–H groups in total. The number of quaternary nitrogens is 1. The average Bonchev–Trinajstić information content (AvgIpc) is 2.72. The number of methoxy groups -OCH3 is 4. The van der Waals surface area contributed by atoms with Gasteiger partial charge in [0, 0.05) is 11.1 Å². The summed E-state index contributed by atoms with van der Waals surface area (Å²) in [6.07, 6.45) is 0. The quantitative estimate of drug-likeness (QED) is 0.677. The summed E-state index contributed by atoms with van der Waals surface area (Å²) in [6, 6.07) is 11.2. The Morgan fingerprint density at radius 3 is 2.11 bits per heavy atom. The third-order valence-electron chi connectivity index (χ3n) is 4.59. The predicted molar refractivity (Wildman–Crippen MR) is 107 cm³/mol. The second-order valence-corrected chi connectivity index (χ2v) is 6.53. The molecule has 0 radical (unpaired) electrons. The molecule has 2 rings (SSSR count). The highest BCUT2D eigenvalue weighted by Crippen LogP contribution is 2.38. The van der Waals surface area contributed by atoms with Crippen LogP contribution in [0.1, 0.15) is 22.0 Å². The van der Waals surface area contributed by atoms with Crippen LogP contribution in [0.4, 0.5) is 0 Å². The fourth-order valence-electron chi connectivity index (χ4n) is 3.02. The van der Waals surface area contributed by atoms with E-state index in [9.17, 15) is 4.79 Å². The number of nitrogens with one attached hydrogen (secondary N) is 2. The zero-order chi connectivity index (χ0) is 20.7. The van der Waals surface area contributed by atoms with Gasteiger partial charge in [0.25, 0.3) is 5.91 Å². The molecule has 2 aromatic rings. The zero-order valence-corrected chi connectivity index (χ0v) is 17.3. The maximum Gasteiger partial charge on any atom is 0.251 e. The van der Waals surface area contributed by atoms with Crippen molar-refractivity contribution in [2.75, 3.05) is 49.1 Å². The maximum atomic E-state index is 12.8. The van der Waals surface area contributed by atoms with E-state index in [4.69, 9.17) is 18.9 Å². The van der Waals surface area contributed by atoms with Crippen molar-refractivity contribution < 1.29 is 28.6 Å². The van der Waals surface area contributed by atoms with Gasteiger partial charge in [-0.05, 0) is 24.3 Å². The van der Waals surface area contributed by atoms with Gasteiger partial charge in [0.2, 0.25) is 5.75 Å². The molecule has 0 bridgehead atoms. The molecular weight excluding hydrogens is 360 g/mol. The van der Waals surface area contributed by atoms with E-state index in [-0.39, 0.29) is 11.9 Å². The Morgan fingerprint density at radius 1 is 0.964 bits per heavy atom. The number of hydrogen-bond acceptors (Lipinski definition) is 5. The normalized spacial score (nSPS) is 11.7. The monoisotopic (exact) mass is 389 g/mol. The van der Waals surface area contributed by atoms with Crippen molar-refractivity contribution in [3.63, 3.8) is 0 Å². The highest BCUT2D eigenvalue weighted by molar-refractivity contribution is 5.95. The topological polar surface area (TPSA) is 70.5 Å². The van der Waals surface area contributed by atoms with Crippen molar-refractivity contribution in [3.05, 3.63) is 47.5 Å². The molecule has 0 heterocycles. The number of carbonyl (C=O) groups excluding carboxylic acids is 1. The molecule has 0 unspecified atom stereocenters. The van der Waals surface area contributed by atoms with Gasteiger partial charge >= 0.3 is 0 Å². The number of carbonyl (C=O) groups is 1. The van der Waals surface area contributed by atoms with Gasteiger partial charge in [-0.1, -0.05) is 12.1 Å². The lowest BCUT2D eigenvalue weighted by molar-refractivity contribution is -0.890. The number of benzene rings is 2. The molecule has 0 saturated carbocycles. The van der Waals surface area contributed by atoms with Gasteiger partial charge in [0.15, 0.2) is 11.5 Å². The Labute approximate surface area is 166 Å². The van der Waals surface area contributed by atoms with Crippen molar-refractivity contribution in [1.29, 1.82) is 0 Å². The maximum absolute atomic E-state index is 12.8. The van der Waals surface area contributed by atoms with Gasteiger partial charge in [-0.3, -0.25) is 4.79 Å². The third kappa shape index (κ3) is 4.86. The van der Waals surface area contributed by atoms with Crippen LogP contribution in [-0.4, -0.2) is 55.0 Å². The molecule has 7 heteroatoms. The summed E-state index contributed by atoms with van der Waals surface area (Å²) in [4.78, 5) is 14.0. The first kappa shape index (κ1) is 21.4.